The lowest BCUT2D eigenvalue weighted by Gasteiger charge is -2.10. The number of phenols is 1. The van der Waals surface area contributed by atoms with Crippen molar-refractivity contribution < 1.29 is 19.7 Å². The van der Waals surface area contributed by atoms with Crippen LogP contribution in [-0.2, 0) is 6.42 Å². The van der Waals surface area contributed by atoms with E-state index in [1.807, 2.05) is 24.3 Å². The quantitative estimate of drug-likeness (QED) is 0.682. The van der Waals surface area contributed by atoms with Crippen LogP contribution in [0.15, 0.2) is 36.4 Å². The molecule has 0 saturated carbocycles. The zero-order chi connectivity index (χ0) is 19.1. The Morgan fingerprint density at radius 3 is 2.78 bits per heavy atom. The van der Waals surface area contributed by atoms with Crippen molar-refractivity contribution in [3.8, 4) is 11.5 Å². The standard InChI is InChI=1S/C21H16ClNO4/c1-27-17-10-11(9-15(22)20(17)24)8-12-6-7-14-18(21(25)26)13-4-2-3-5-16(13)23-19(12)14/h2-5,8-10,24H,6-7H2,1H3,(H,25,26). The predicted octanol–water partition coefficient (Wildman–Crippen LogP) is 4.79. The number of carboxylic acid groups (broad SMARTS) is 1. The first-order chi connectivity index (χ1) is 13.0. The molecule has 2 aromatic carbocycles. The molecule has 27 heavy (non-hydrogen) atoms. The van der Waals surface area contributed by atoms with Gasteiger partial charge in [-0.2, -0.15) is 0 Å². The summed E-state index contributed by atoms with van der Waals surface area (Å²) >= 11 is 6.08. The third kappa shape index (κ3) is 2.90. The summed E-state index contributed by atoms with van der Waals surface area (Å²) in [6.07, 6.45) is 3.20. The Kier molecular flexibility index (Phi) is 4.24. The lowest BCUT2D eigenvalue weighted by atomic mass is 10.0. The molecule has 0 atom stereocenters. The lowest BCUT2D eigenvalue weighted by molar-refractivity contribution is 0.0698. The number of rotatable bonds is 3. The van der Waals surface area contributed by atoms with Crippen LogP contribution < -0.4 is 4.74 Å². The van der Waals surface area contributed by atoms with Gasteiger partial charge < -0.3 is 14.9 Å². The van der Waals surface area contributed by atoms with Crippen LogP contribution in [0.1, 0.15) is 33.6 Å². The van der Waals surface area contributed by atoms with Crippen LogP contribution in [0.25, 0.3) is 22.6 Å². The molecule has 0 unspecified atom stereocenters. The molecular weight excluding hydrogens is 366 g/mol. The number of hydrogen-bond donors (Lipinski definition) is 2. The van der Waals surface area contributed by atoms with Crippen molar-refractivity contribution in [2.45, 2.75) is 12.8 Å². The largest absolute Gasteiger partial charge is 0.503 e. The average Bonchev–Trinajstić information content (AvgIpc) is 3.04. The number of benzene rings is 2. The molecule has 2 N–H and O–H groups in total. The molecule has 1 aromatic heterocycles. The second-order valence-electron chi connectivity index (χ2n) is 6.36. The fraction of sp³-hybridized carbons (Fsp3) is 0.143. The normalized spacial score (nSPS) is 14.5. The molecule has 0 amide bonds. The van der Waals surface area contributed by atoms with Gasteiger partial charge in [0.05, 0.1) is 28.9 Å². The highest BCUT2D eigenvalue weighted by molar-refractivity contribution is 6.32. The van der Waals surface area contributed by atoms with E-state index < -0.39 is 5.97 Å². The number of fused-ring (bicyclic) bond motifs is 2. The topological polar surface area (TPSA) is 79.7 Å². The van der Waals surface area contributed by atoms with Crippen LogP contribution in [-0.4, -0.2) is 28.3 Å². The van der Waals surface area contributed by atoms with Gasteiger partial charge in [0.25, 0.3) is 0 Å². The predicted molar refractivity (Wildman–Crippen MR) is 105 cm³/mol. The number of phenolic OH excluding ortho intramolecular Hbond substituents is 1. The number of halogens is 1. The Labute approximate surface area is 160 Å². The third-order valence-electron chi connectivity index (χ3n) is 4.77. The number of para-hydroxylation sites is 1. The maximum absolute atomic E-state index is 11.9. The average molecular weight is 382 g/mol. The molecule has 0 aliphatic heterocycles. The lowest BCUT2D eigenvalue weighted by Crippen LogP contribution is -2.05. The highest BCUT2D eigenvalue weighted by atomic mass is 35.5. The molecule has 0 radical (unpaired) electrons. The summed E-state index contributed by atoms with van der Waals surface area (Å²) in [4.78, 5) is 16.6. The van der Waals surface area contributed by atoms with Gasteiger partial charge in [-0.1, -0.05) is 29.8 Å². The highest BCUT2D eigenvalue weighted by Gasteiger charge is 2.26. The van der Waals surface area contributed by atoms with Gasteiger partial charge in [-0.05, 0) is 53.8 Å². The van der Waals surface area contributed by atoms with Crippen LogP contribution in [0.3, 0.4) is 0 Å². The summed E-state index contributed by atoms with van der Waals surface area (Å²) < 4.78 is 5.15. The first-order valence-electron chi connectivity index (χ1n) is 8.42. The molecule has 1 heterocycles. The minimum Gasteiger partial charge on any atom is -0.503 e. The summed E-state index contributed by atoms with van der Waals surface area (Å²) in [6, 6.07) is 10.6. The molecule has 136 valence electrons. The number of aromatic hydroxyl groups is 1. The van der Waals surface area contributed by atoms with E-state index in [9.17, 15) is 15.0 Å². The maximum atomic E-state index is 11.9. The summed E-state index contributed by atoms with van der Waals surface area (Å²) in [6.45, 7) is 0. The fourth-order valence-electron chi connectivity index (χ4n) is 3.56. The SMILES string of the molecule is COc1cc(C=C2CCc3c2nc2ccccc2c3C(=O)O)cc(Cl)c1O. The highest BCUT2D eigenvalue weighted by Crippen LogP contribution is 2.40. The summed E-state index contributed by atoms with van der Waals surface area (Å²) in [5.74, 6) is -0.767. The van der Waals surface area contributed by atoms with Crippen molar-refractivity contribution in [1.29, 1.82) is 0 Å². The van der Waals surface area contributed by atoms with Gasteiger partial charge in [0, 0.05) is 5.39 Å². The molecule has 0 bridgehead atoms. The third-order valence-corrected chi connectivity index (χ3v) is 5.06. The fourth-order valence-corrected chi connectivity index (χ4v) is 3.78. The first-order valence-corrected chi connectivity index (χ1v) is 8.79. The number of pyridine rings is 1. The number of aromatic carboxylic acids is 1. The monoisotopic (exact) mass is 381 g/mol. The van der Waals surface area contributed by atoms with E-state index in [1.54, 1.807) is 18.2 Å². The van der Waals surface area contributed by atoms with E-state index in [0.29, 0.717) is 35.0 Å². The molecule has 6 heteroatoms. The van der Waals surface area contributed by atoms with E-state index in [-0.39, 0.29) is 16.5 Å². The van der Waals surface area contributed by atoms with Crippen LogP contribution >= 0.6 is 11.6 Å². The summed E-state index contributed by atoms with van der Waals surface area (Å²) in [7, 11) is 1.46. The van der Waals surface area contributed by atoms with E-state index in [2.05, 4.69) is 0 Å². The Hall–Kier alpha value is -3.05. The van der Waals surface area contributed by atoms with Gasteiger partial charge >= 0.3 is 5.97 Å². The van der Waals surface area contributed by atoms with Gasteiger partial charge in [0.1, 0.15) is 0 Å². The number of carbonyl (C=O) groups is 1. The Morgan fingerprint density at radius 2 is 2.04 bits per heavy atom. The molecular formula is C21H16ClNO4. The van der Waals surface area contributed by atoms with E-state index in [4.69, 9.17) is 21.3 Å². The van der Waals surface area contributed by atoms with Gasteiger partial charge in [0.15, 0.2) is 11.5 Å². The molecule has 0 fully saturated rings. The number of methoxy groups -OCH3 is 1. The number of carboxylic acids is 1. The second kappa shape index (κ2) is 6.59. The van der Waals surface area contributed by atoms with Gasteiger partial charge in [0.2, 0.25) is 0 Å². The number of aromatic nitrogens is 1. The van der Waals surface area contributed by atoms with Crippen molar-refractivity contribution in [2.75, 3.05) is 7.11 Å². The van der Waals surface area contributed by atoms with Crippen molar-refractivity contribution in [3.63, 3.8) is 0 Å². The van der Waals surface area contributed by atoms with Crippen molar-refractivity contribution in [1.82, 2.24) is 4.98 Å². The van der Waals surface area contributed by atoms with Crippen LogP contribution in [0.4, 0.5) is 0 Å². The van der Waals surface area contributed by atoms with Gasteiger partial charge in [-0.25, -0.2) is 9.78 Å². The molecule has 5 nitrogen and oxygen atoms in total. The Balaban J connectivity index is 1.90. The van der Waals surface area contributed by atoms with Gasteiger partial charge in [-0.3, -0.25) is 0 Å². The molecule has 1 aliphatic rings. The number of allylic oxidation sites excluding steroid dienone is 1. The second-order valence-corrected chi connectivity index (χ2v) is 6.77. The zero-order valence-electron chi connectivity index (χ0n) is 14.5. The molecule has 4 rings (SSSR count). The van der Waals surface area contributed by atoms with Crippen LogP contribution in [0.2, 0.25) is 5.02 Å². The number of hydrogen-bond acceptors (Lipinski definition) is 4. The van der Waals surface area contributed by atoms with Crippen molar-refractivity contribution in [2.24, 2.45) is 0 Å². The molecule has 0 saturated heterocycles. The van der Waals surface area contributed by atoms with Gasteiger partial charge in [-0.15, -0.1) is 0 Å². The minimum atomic E-state index is -0.944. The number of nitrogens with zero attached hydrogens (tertiary/aromatic N) is 1. The van der Waals surface area contributed by atoms with Crippen molar-refractivity contribution >= 4 is 40.1 Å². The Bertz CT molecular complexity index is 1120. The van der Waals surface area contributed by atoms with Crippen molar-refractivity contribution in [3.05, 3.63) is 63.8 Å². The Morgan fingerprint density at radius 1 is 1.26 bits per heavy atom. The summed E-state index contributed by atoms with van der Waals surface area (Å²) in [5.41, 5.74) is 4.12. The molecule has 3 aromatic rings. The van der Waals surface area contributed by atoms with Crippen LogP contribution in [0.5, 0.6) is 11.5 Å². The number of ether oxygens (including phenoxy) is 1. The van der Waals surface area contributed by atoms with Crippen LogP contribution in [0, 0.1) is 0 Å². The zero-order valence-corrected chi connectivity index (χ0v) is 15.2. The van der Waals surface area contributed by atoms with E-state index in [1.165, 1.54) is 7.11 Å². The summed E-state index contributed by atoms with van der Waals surface area (Å²) in [5, 5.41) is 20.5. The molecule has 1 aliphatic carbocycles. The minimum absolute atomic E-state index is 0.106. The smallest absolute Gasteiger partial charge is 0.336 e. The molecule has 0 spiro atoms. The first kappa shape index (κ1) is 17.4. The van der Waals surface area contributed by atoms with E-state index >= 15 is 0 Å². The maximum Gasteiger partial charge on any atom is 0.336 e. The van der Waals surface area contributed by atoms with E-state index in [0.717, 1.165) is 16.7 Å².